The Morgan fingerprint density at radius 2 is 1.38 bits per heavy atom. The van der Waals surface area contributed by atoms with Crippen LogP contribution in [0, 0.1) is 0 Å². The summed E-state index contributed by atoms with van der Waals surface area (Å²) in [6.07, 6.45) is 0.157. The van der Waals surface area contributed by atoms with Gasteiger partial charge in [0.05, 0.1) is 12.3 Å². The molecule has 8 heavy (non-hydrogen) atoms. The van der Waals surface area contributed by atoms with Gasteiger partial charge in [0.25, 0.3) is 0 Å². The van der Waals surface area contributed by atoms with Gasteiger partial charge in [-0.2, -0.15) is 0 Å². The second kappa shape index (κ2) is 2.41. The Kier molecular flexibility index (Phi) is 1.80. The molecule has 2 unspecified atom stereocenters. The molecule has 1 aliphatic heterocycles. The van der Waals surface area contributed by atoms with E-state index in [9.17, 15) is 0 Å². The van der Waals surface area contributed by atoms with Crippen LogP contribution in [0.3, 0.4) is 0 Å². The molecule has 1 heterocycles. The van der Waals surface area contributed by atoms with Crippen molar-refractivity contribution < 1.29 is 0 Å². The van der Waals surface area contributed by atoms with E-state index in [4.69, 9.17) is 11.5 Å². The van der Waals surface area contributed by atoms with Crippen molar-refractivity contribution in [1.82, 2.24) is 10.6 Å². The summed E-state index contributed by atoms with van der Waals surface area (Å²) in [6, 6.07) is 0. The first-order chi connectivity index (χ1) is 3.79. The van der Waals surface area contributed by atoms with Crippen molar-refractivity contribution >= 4 is 0 Å². The molecule has 0 aromatic rings. The predicted molar refractivity (Wildman–Crippen MR) is 32.0 cm³/mol. The predicted octanol–water partition coefficient (Wildman–Crippen LogP) is -2.25. The molecule has 1 aliphatic rings. The fourth-order valence-electron chi connectivity index (χ4n) is 0.701. The smallest absolute Gasteiger partial charge is 0.0676 e. The van der Waals surface area contributed by atoms with Gasteiger partial charge in [-0.25, -0.2) is 0 Å². The van der Waals surface area contributed by atoms with Crippen molar-refractivity contribution in [2.24, 2.45) is 11.5 Å². The zero-order valence-corrected chi connectivity index (χ0v) is 4.72. The monoisotopic (exact) mass is 116 g/mol. The summed E-state index contributed by atoms with van der Waals surface area (Å²) in [7, 11) is 0. The Morgan fingerprint density at radius 1 is 1.00 bits per heavy atom. The second-order valence-electron chi connectivity index (χ2n) is 2.03. The van der Waals surface area contributed by atoms with Crippen molar-refractivity contribution in [1.29, 1.82) is 0 Å². The van der Waals surface area contributed by atoms with Gasteiger partial charge in [-0.1, -0.05) is 0 Å². The maximum Gasteiger partial charge on any atom is 0.0676 e. The van der Waals surface area contributed by atoms with E-state index >= 15 is 0 Å². The first kappa shape index (κ1) is 5.97. The van der Waals surface area contributed by atoms with Gasteiger partial charge in [-0.15, -0.1) is 0 Å². The molecule has 0 spiro atoms. The van der Waals surface area contributed by atoms with Crippen molar-refractivity contribution in [3.63, 3.8) is 0 Å². The zero-order valence-electron chi connectivity index (χ0n) is 4.72. The van der Waals surface area contributed by atoms with Crippen LogP contribution in [-0.2, 0) is 0 Å². The van der Waals surface area contributed by atoms with Crippen LogP contribution < -0.4 is 22.1 Å². The summed E-state index contributed by atoms with van der Waals surface area (Å²) in [5.74, 6) is 0. The molecule has 0 aliphatic carbocycles. The van der Waals surface area contributed by atoms with Crippen LogP contribution in [0.2, 0.25) is 0 Å². The highest BCUT2D eigenvalue weighted by Gasteiger charge is 2.11. The van der Waals surface area contributed by atoms with Crippen LogP contribution in [0.5, 0.6) is 0 Å². The van der Waals surface area contributed by atoms with Gasteiger partial charge < -0.3 is 11.5 Å². The molecule has 1 fully saturated rings. The summed E-state index contributed by atoms with van der Waals surface area (Å²) < 4.78 is 0. The number of rotatable bonds is 0. The topological polar surface area (TPSA) is 76.1 Å². The Bertz CT molecular complexity index is 56.4. The van der Waals surface area contributed by atoms with Crippen LogP contribution in [-0.4, -0.2) is 25.4 Å². The zero-order chi connectivity index (χ0) is 5.98. The van der Waals surface area contributed by atoms with Crippen LogP contribution >= 0.6 is 0 Å². The number of hydrogen-bond donors (Lipinski definition) is 4. The molecule has 1 rings (SSSR count). The molecule has 0 aromatic carbocycles. The van der Waals surface area contributed by atoms with Crippen LogP contribution in [0.4, 0.5) is 0 Å². The minimum atomic E-state index is 0.0785. The summed E-state index contributed by atoms with van der Waals surface area (Å²) in [5, 5.41) is 6.04. The average Bonchev–Trinajstić information content (AvgIpc) is 1.77. The minimum absolute atomic E-state index is 0.0785. The maximum absolute atomic E-state index is 5.47. The number of nitrogens with one attached hydrogen (secondary N) is 2. The van der Waals surface area contributed by atoms with Crippen molar-refractivity contribution in [3.05, 3.63) is 0 Å². The van der Waals surface area contributed by atoms with E-state index in [0.717, 1.165) is 13.1 Å². The third-order valence-electron chi connectivity index (χ3n) is 1.20. The Morgan fingerprint density at radius 3 is 1.62 bits per heavy atom. The number of nitrogens with two attached hydrogens (primary N) is 2. The SMILES string of the molecule is NC1CNC(N)CN1. The van der Waals surface area contributed by atoms with E-state index < -0.39 is 0 Å². The first-order valence-corrected chi connectivity index (χ1v) is 2.77. The van der Waals surface area contributed by atoms with Gasteiger partial charge in [0.15, 0.2) is 0 Å². The standard InChI is InChI=1S/C4H12N4/c5-3-1-7-4(6)2-8-3/h3-4,7-8H,1-2,5-6H2. The molecule has 0 bridgehead atoms. The van der Waals surface area contributed by atoms with E-state index in [0.29, 0.717) is 0 Å². The highest BCUT2D eigenvalue weighted by Crippen LogP contribution is 1.79. The quantitative estimate of drug-likeness (QED) is 0.288. The van der Waals surface area contributed by atoms with Gasteiger partial charge in [0.1, 0.15) is 0 Å². The second-order valence-corrected chi connectivity index (χ2v) is 2.03. The molecule has 6 N–H and O–H groups in total. The molecule has 4 nitrogen and oxygen atoms in total. The first-order valence-electron chi connectivity index (χ1n) is 2.77. The van der Waals surface area contributed by atoms with Crippen LogP contribution in [0.25, 0.3) is 0 Å². The van der Waals surface area contributed by atoms with E-state index in [1.807, 2.05) is 0 Å². The molecule has 2 atom stereocenters. The molecular weight excluding hydrogens is 104 g/mol. The third-order valence-corrected chi connectivity index (χ3v) is 1.20. The van der Waals surface area contributed by atoms with Crippen LogP contribution in [0.15, 0.2) is 0 Å². The highest BCUT2D eigenvalue weighted by molar-refractivity contribution is 4.74. The lowest BCUT2D eigenvalue weighted by atomic mass is 10.3. The number of hydrogen-bond acceptors (Lipinski definition) is 4. The van der Waals surface area contributed by atoms with Crippen molar-refractivity contribution in [3.8, 4) is 0 Å². The lowest BCUT2D eigenvalue weighted by molar-refractivity contribution is 0.357. The van der Waals surface area contributed by atoms with E-state index in [1.165, 1.54) is 0 Å². The molecule has 0 amide bonds. The van der Waals surface area contributed by atoms with E-state index in [1.54, 1.807) is 0 Å². The average molecular weight is 116 g/mol. The largest absolute Gasteiger partial charge is 0.315 e. The maximum atomic E-state index is 5.47. The Labute approximate surface area is 48.6 Å². The van der Waals surface area contributed by atoms with E-state index in [-0.39, 0.29) is 12.3 Å². The fourth-order valence-corrected chi connectivity index (χ4v) is 0.701. The van der Waals surface area contributed by atoms with Gasteiger partial charge in [0, 0.05) is 13.1 Å². The molecule has 0 aromatic heterocycles. The molecule has 48 valence electrons. The summed E-state index contributed by atoms with van der Waals surface area (Å²) in [6.45, 7) is 1.53. The molecule has 4 heteroatoms. The summed E-state index contributed by atoms with van der Waals surface area (Å²) in [4.78, 5) is 0. The lowest BCUT2D eigenvalue weighted by Crippen LogP contribution is -2.61. The fraction of sp³-hybridized carbons (Fsp3) is 1.00. The van der Waals surface area contributed by atoms with Gasteiger partial charge >= 0.3 is 0 Å². The Hall–Kier alpha value is -0.160. The van der Waals surface area contributed by atoms with Crippen molar-refractivity contribution in [2.75, 3.05) is 13.1 Å². The van der Waals surface area contributed by atoms with Crippen LogP contribution in [0.1, 0.15) is 0 Å². The minimum Gasteiger partial charge on any atom is -0.315 e. The number of piperazine rings is 1. The molecule has 1 saturated heterocycles. The molecule has 0 radical (unpaired) electrons. The summed E-state index contributed by atoms with van der Waals surface area (Å²) >= 11 is 0. The lowest BCUT2D eigenvalue weighted by Gasteiger charge is -2.25. The normalized spacial score (nSPS) is 39.8. The molecule has 0 saturated carbocycles. The van der Waals surface area contributed by atoms with Crippen molar-refractivity contribution in [2.45, 2.75) is 12.3 Å². The van der Waals surface area contributed by atoms with Gasteiger partial charge in [0.2, 0.25) is 0 Å². The third kappa shape index (κ3) is 1.41. The van der Waals surface area contributed by atoms with Gasteiger partial charge in [-0.05, 0) is 0 Å². The highest BCUT2D eigenvalue weighted by atomic mass is 15.2. The van der Waals surface area contributed by atoms with E-state index in [2.05, 4.69) is 10.6 Å². The van der Waals surface area contributed by atoms with Gasteiger partial charge in [-0.3, -0.25) is 10.6 Å². The Balaban J connectivity index is 2.19. The molecular formula is C4H12N4. The summed E-state index contributed by atoms with van der Waals surface area (Å²) in [5.41, 5.74) is 10.9.